The third-order valence-electron chi connectivity index (χ3n) is 5.09. The Morgan fingerprint density at radius 2 is 2.22 bits per heavy atom. The van der Waals surface area contributed by atoms with Gasteiger partial charge in [0.2, 0.25) is 0 Å². The summed E-state index contributed by atoms with van der Waals surface area (Å²) < 4.78 is 5.49. The van der Waals surface area contributed by atoms with Crippen LogP contribution in [0.15, 0.2) is 4.99 Å². The molecule has 1 aliphatic heterocycles. The lowest BCUT2D eigenvalue weighted by Crippen LogP contribution is -2.54. The Morgan fingerprint density at radius 3 is 2.94 bits per heavy atom. The van der Waals surface area contributed by atoms with Gasteiger partial charge in [-0.1, -0.05) is 32.0 Å². The third kappa shape index (κ3) is 2.07. The van der Waals surface area contributed by atoms with Crippen LogP contribution in [0.5, 0.6) is 0 Å². The molecule has 0 bridgehead atoms. The summed E-state index contributed by atoms with van der Waals surface area (Å²) in [5.41, 5.74) is 0.191. The van der Waals surface area contributed by atoms with Crippen LogP contribution in [0.4, 0.5) is 0 Å². The van der Waals surface area contributed by atoms with E-state index in [1.165, 1.54) is 30.2 Å². The Hall–Kier alpha value is -0.220. The molecule has 4 heteroatoms. The average Bonchev–Trinajstić information content (AvgIpc) is 2.81. The van der Waals surface area contributed by atoms with Crippen molar-refractivity contribution >= 4 is 16.9 Å². The maximum absolute atomic E-state index is 5.49. The molecule has 1 heterocycles. The van der Waals surface area contributed by atoms with E-state index in [1.807, 2.05) is 18.9 Å². The third-order valence-corrected chi connectivity index (χ3v) is 6.18. The summed E-state index contributed by atoms with van der Waals surface area (Å²) in [7, 11) is 1.81. The number of amidine groups is 1. The number of aliphatic imine (C=N–C) groups is 1. The van der Waals surface area contributed by atoms with E-state index in [2.05, 4.69) is 19.2 Å². The second-order valence-electron chi connectivity index (χ2n) is 6.48. The highest BCUT2D eigenvalue weighted by atomic mass is 32.2. The molecule has 2 saturated carbocycles. The first-order valence-electron chi connectivity index (χ1n) is 7.11. The van der Waals surface area contributed by atoms with Crippen molar-refractivity contribution in [3.63, 3.8) is 0 Å². The number of hydrogen-bond acceptors (Lipinski definition) is 3. The van der Waals surface area contributed by atoms with E-state index in [1.54, 1.807) is 0 Å². The first-order chi connectivity index (χ1) is 8.61. The van der Waals surface area contributed by atoms with E-state index in [4.69, 9.17) is 9.73 Å². The molecular formula is C14H24N2OS. The molecule has 102 valence electrons. The molecule has 4 atom stereocenters. The zero-order chi connectivity index (χ0) is 12.8. The van der Waals surface area contributed by atoms with E-state index in [-0.39, 0.29) is 5.41 Å². The van der Waals surface area contributed by atoms with E-state index in [0.29, 0.717) is 18.2 Å². The fourth-order valence-corrected chi connectivity index (χ4v) is 4.72. The van der Waals surface area contributed by atoms with Gasteiger partial charge in [0.25, 0.3) is 0 Å². The summed E-state index contributed by atoms with van der Waals surface area (Å²) in [6.07, 6.45) is 5.57. The maximum atomic E-state index is 5.49. The summed E-state index contributed by atoms with van der Waals surface area (Å²) in [5, 5.41) is 4.84. The van der Waals surface area contributed by atoms with Gasteiger partial charge in [-0.05, 0) is 25.2 Å². The normalized spacial score (nSPS) is 44.3. The fourth-order valence-electron chi connectivity index (χ4n) is 3.51. The SMILES string of the molecule is COC1CC(N=C2NC3CCCC3CS2)C1(C)C. The fraction of sp³-hybridized carbons (Fsp3) is 0.929. The molecule has 0 amide bonds. The highest BCUT2D eigenvalue weighted by Crippen LogP contribution is 2.45. The zero-order valence-electron chi connectivity index (χ0n) is 11.6. The molecule has 18 heavy (non-hydrogen) atoms. The molecular weight excluding hydrogens is 244 g/mol. The second kappa shape index (κ2) is 4.71. The van der Waals surface area contributed by atoms with Crippen molar-refractivity contribution in [3.8, 4) is 0 Å². The molecule has 3 aliphatic rings. The number of hydrogen-bond donors (Lipinski definition) is 1. The Balaban J connectivity index is 1.64. The lowest BCUT2D eigenvalue weighted by atomic mass is 9.65. The van der Waals surface area contributed by atoms with Crippen LogP contribution in [0.2, 0.25) is 0 Å². The van der Waals surface area contributed by atoms with Gasteiger partial charge in [-0.25, -0.2) is 0 Å². The maximum Gasteiger partial charge on any atom is 0.157 e. The Bertz CT molecular complexity index is 356. The number of nitrogens with zero attached hydrogens (tertiary/aromatic N) is 1. The molecule has 0 aromatic heterocycles. The van der Waals surface area contributed by atoms with Crippen LogP contribution in [0.25, 0.3) is 0 Å². The molecule has 0 spiro atoms. The standard InChI is InChI=1S/C14H24N2OS/c1-14(2)11(7-12(14)17-3)16-13-15-10-6-4-5-9(10)8-18-13/h9-12H,4-8H2,1-3H3,(H,15,16). The summed E-state index contributed by atoms with van der Waals surface area (Å²) in [6.45, 7) is 4.54. The van der Waals surface area contributed by atoms with Crippen molar-refractivity contribution in [3.05, 3.63) is 0 Å². The summed E-state index contributed by atoms with van der Waals surface area (Å²) >= 11 is 1.92. The number of nitrogens with one attached hydrogen (secondary N) is 1. The van der Waals surface area contributed by atoms with Crippen molar-refractivity contribution in [2.45, 2.75) is 57.7 Å². The molecule has 4 unspecified atom stereocenters. The number of methoxy groups -OCH3 is 1. The summed E-state index contributed by atoms with van der Waals surface area (Å²) in [4.78, 5) is 4.94. The quantitative estimate of drug-likeness (QED) is 0.836. The van der Waals surface area contributed by atoms with E-state index >= 15 is 0 Å². The first-order valence-corrected chi connectivity index (χ1v) is 8.09. The average molecular weight is 268 g/mol. The van der Waals surface area contributed by atoms with Crippen LogP contribution in [0.1, 0.15) is 39.5 Å². The van der Waals surface area contributed by atoms with E-state index in [0.717, 1.165) is 12.3 Å². The second-order valence-corrected chi connectivity index (χ2v) is 7.49. The number of ether oxygens (including phenoxy) is 1. The van der Waals surface area contributed by atoms with Crippen molar-refractivity contribution in [2.75, 3.05) is 12.9 Å². The van der Waals surface area contributed by atoms with Gasteiger partial charge in [0.1, 0.15) is 0 Å². The summed E-state index contributed by atoms with van der Waals surface area (Å²) in [6, 6.07) is 1.13. The van der Waals surface area contributed by atoms with Crippen molar-refractivity contribution in [1.29, 1.82) is 0 Å². The largest absolute Gasteiger partial charge is 0.381 e. The molecule has 0 radical (unpaired) electrons. The van der Waals surface area contributed by atoms with E-state index in [9.17, 15) is 0 Å². The van der Waals surface area contributed by atoms with E-state index < -0.39 is 0 Å². The minimum Gasteiger partial charge on any atom is -0.381 e. The zero-order valence-corrected chi connectivity index (χ0v) is 12.4. The molecule has 3 rings (SSSR count). The molecule has 1 N–H and O–H groups in total. The minimum absolute atomic E-state index is 0.191. The Morgan fingerprint density at radius 1 is 1.39 bits per heavy atom. The van der Waals surface area contributed by atoms with Gasteiger partial charge in [0.05, 0.1) is 12.1 Å². The minimum atomic E-state index is 0.191. The van der Waals surface area contributed by atoms with Crippen molar-refractivity contribution < 1.29 is 4.74 Å². The topological polar surface area (TPSA) is 33.6 Å². The van der Waals surface area contributed by atoms with Crippen LogP contribution in [0.3, 0.4) is 0 Å². The van der Waals surface area contributed by atoms with Gasteiger partial charge in [-0.3, -0.25) is 4.99 Å². The highest BCUT2D eigenvalue weighted by Gasteiger charge is 2.49. The van der Waals surface area contributed by atoms with Gasteiger partial charge in [0.15, 0.2) is 5.17 Å². The predicted octanol–water partition coefficient (Wildman–Crippen LogP) is 2.66. The molecule has 1 saturated heterocycles. The summed E-state index contributed by atoms with van der Waals surface area (Å²) in [5.74, 6) is 2.15. The van der Waals surface area contributed by atoms with Crippen LogP contribution in [-0.2, 0) is 4.74 Å². The number of fused-ring (bicyclic) bond motifs is 1. The Kier molecular flexibility index (Phi) is 3.35. The molecule has 0 aromatic rings. The monoisotopic (exact) mass is 268 g/mol. The molecule has 2 aliphatic carbocycles. The number of rotatable bonds is 2. The first kappa shape index (κ1) is 12.8. The van der Waals surface area contributed by atoms with Crippen LogP contribution in [0, 0.1) is 11.3 Å². The van der Waals surface area contributed by atoms with Crippen molar-refractivity contribution in [2.24, 2.45) is 16.3 Å². The van der Waals surface area contributed by atoms with Crippen LogP contribution < -0.4 is 5.32 Å². The highest BCUT2D eigenvalue weighted by molar-refractivity contribution is 8.13. The Labute approximate surface area is 114 Å². The molecule has 3 nitrogen and oxygen atoms in total. The number of thioether (sulfide) groups is 1. The van der Waals surface area contributed by atoms with Gasteiger partial charge >= 0.3 is 0 Å². The van der Waals surface area contributed by atoms with Crippen LogP contribution >= 0.6 is 11.8 Å². The molecule has 3 fully saturated rings. The lowest BCUT2D eigenvalue weighted by molar-refractivity contribution is -0.0850. The van der Waals surface area contributed by atoms with Gasteiger partial charge in [-0.15, -0.1) is 0 Å². The van der Waals surface area contributed by atoms with Gasteiger partial charge in [-0.2, -0.15) is 0 Å². The van der Waals surface area contributed by atoms with Gasteiger partial charge in [0, 0.05) is 24.3 Å². The predicted molar refractivity (Wildman–Crippen MR) is 77.1 cm³/mol. The molecule has 0 aromatic carbocycles. The van der Waals surface area contributed by atoms with Crippen LogP contribution in [-0.4, -0.2) is 36.2 Å². The lowest BCUT2D eigenvalue weighted by Gasteiger charge is -2.49. The smallest absolute Gasteiger partial charge is 0.157 e. The van der Waals surface area contributed by atoms with Crippen molar-refractivity contribution in [1.82, 2.24) is 5.32 Å². The van der Waals surface area contributed by atoms with Gasteiger partial charge < -0.3 is 10.1 Å².